The van der Waals surface area contributed by atoms with Gasteiger partial charge in [-0.2, -0.15) is 0 Å². The Morgan fingerprint density at radius 1 is 1.10 bits per heavy atom. The summed E-state index contributed by atoms with van der Waals surface area (Å²) >= 11 is 0. The number of hydrogen-bond donors (Lipinski definition) is 1. The molecule has 112 valence electrons. The van der Waals surface area contributed by atoms with E-state index in [9.17, 15) is 4.79 Å². The van der Waals surface area contributed by atoms with Crippen molar-refractivity contribution in [2.24, 2.45) is 0 Å². The zero-order valence-electron chi connectivity index (χ0n) is 12.5. The SMILES string of the molecule is CCCCCCOc1cc(C(=O)OCCC)ccc1N. The van der Waals surface area contributed by atoms with Gasteiger partial charge in [-0.3, -0.25) is 0 Å². The molecule has 4 nitrogen and oxygen atoms in total. The molecule has 0 aromatic heterocycles. The predicted octanol–water partition coefficient (Wildman–Crippen LogP) is 3.79. The fourth-order valence-corrected chi connectivity index (χ4v) is 1.78. The van der Waals surface area contributed by atoms with Gasteiger partial charge >= 0.3 is 5.97 Å². The molecule has 0 fully saturated rings. The summed E-state index contributed by atoms with van der Waals surface area (Å²) < 4.78 is 10.7. The van der Waals surface area contributed by atoms with Gasteiger partial charge < -0.3 is 15.2 Å². The van der Waals surface area contributed by atoms with Crippen LogP contribution in [0.15, 0.2) is 18.2 Å². The topological polar surface area (TPSA) is 61.5 Å². The highest BCUT2D eigenvalue weighted by Gasteiger charge is 2.10. The first kappa shape index (κ1) is 16.3. The van der Waals surface area contributed by atoms with Crippen LogP contribution in [0.2, 0.25) is 0 Å². The largest absolute Gasteiger partial charge is 0.491 e. The predicted molar refractivity (Wildman–Crippen MR) is 81.1 cm³/mol. The Balaban J connectivity index is 2.55. The van der Waals surface area contributed by atoms with E-state index in [1.54, 1.807) is 18.2 Å². The second-order valence-corrected chi connectivity index (χ2v) is 4.80. The molecule has 0 radical (unpaired) electrons. The van der Waals surface area contributed by atoms with Crippen molar-refractivity contribution >= 4 is 11.7 Å². The van der Waals surface area contributed by atoms with Crippen LogP contribution in [-0.4, -0.2) is 19.2 Å². The summed E-state index contributed by atoms with van der Waals surface area (Å²) in [6, 6.07) is 5.01. The molecule has 0 amide bonds. The summed E-state index contributed by atoms with van der Waals surface area (Å²) in [6.45, 7) is 5.18. The molecule has 0 aliphatic carbocycles. The number of hydrogen-bond acceptors (Lipinski definition) is 4. The van der Waals surface area contributed by atoms with E-state index >= 15 is 0 Å². The number of ether oxygens (including phenoxy) is 2. The summed E-state index contributed by atoms with van der Waals surface area (Å²) in [5, 5.41) is 0. The van der Waals surface area contributed by atoms with E-state index in [4.69, 9.17) is 15.2 Å². The number of unbranched alkanes of at least 4 members (excludes halogenated alkanes) is 3. The number of carbonyl (C=O) groups excluding carboxylic acids is 1. The lowest BCUT2D eigenvalue weighted by Gasteiger charge is -2.10. The van der Waals surface area contributed by atoms with Crippen LogP contribution < -0.4 is 10.5 Å². The molecule has 0 atom stereocenters. The number of carbonyl (C=O) groups is 1. The summed E-state index contributed by atoms with van der Waals surface area (Å²) in [6.07, 6.45) is 5.36. The molecule has 0 aliphatic heterocycles. The van der Waals surface area contributed by atoms with Gasteiger partial charge in [-0.25, -0.2) is 4.79 Å². The van der Waals surface area contributed by atoms with E-state index in [0.717, 1.165) is 19.3 Å². The highest BCUT2D eigenvalue weighted by atomic mass is 16.5. The fraction of sp³-hybridized carbons (Fsp3) is 0.562. The third-order valence-electron chi connectivity index (χ3n) is 2.94. The van der Waals surface area contributed by atoms with Crippen LogP contribution in [0.3, 0.4) is 0 Å². The Morgan fingerprint density at radius 3 is 2.60 bits per heavy atom. The van der Waals surface area contributed by atoms with Crippen LogP contribution >= 0.6 is 0 Å². The normalized spacial score (nSPS) is 10.3. The highest BCUT2D eigenvalue weighted by Crippen LogP contribution is 2.23. The number of nitrogen functional groups attached to an aromatic ring is 1. The summed E-state index contributed by atoms with van der Waals surface area (Å²) in [5.74, 6) is 0.232. The monoisotopic (exact) mass is 279 g/mol. The van der Waals surface area contributed by atoms with E-state index in [0.29, 0.717) is 30.2 Å². The van der Waals surface area contributed by atoms with Crippen molar-refractivity contribution in [3.8, 4) is 5.75 Å². The summed E-state index contributed by atoms with van der Waals surface area (Å²) in [7, 11) is 0. The van der Waals surface area contributed by atoms with Gasteiger partial charge in [0.1, 0.15) is 5.75 Å². The number of benzene rings is 1. The Hall–Kier alpha value is -1.71. The van der Waals surface area contributed by atoms with Crippen molar-refractivity contribution in [2.75, 3.05) is 18.9 Å². The highest BCUT2D eigenvalue weighted by molar-refractivity contribution is 5.90. The Kier molecular flexibility index (Phi) is 7.55. The first-order valence-electron chi connectivity index (χ1n) is 7.38. The minimum Gasteiger partial charge on any atom is -0.491 e. The molecular weight excluding hydrogens is 254 g/mol. The van der Waals surface area contributed by atoms with Crippen LogP contribution in [0.5, 0.6) is 5.75 Å². The first-order chi connectivity index (χ1) is 9.69. The van der Waals surface area contributed by atoms with E-state index in [2.05, 4.69) is 6.92 Å². The second kappa shape index (κ2) is 9.23. The molecule has 0 saturated heterocycles. The molecular formula is C16H25NO3. The first-order valence-corrected chi connectivity index (χ1v) is 7.38. The molecule has 0 heterocycles. The van der Waals surface area contributed by atoms with E-state index in [1.807, 2.05) is 6.92 Å². The average molecular weight is 279 g/mol. The molecule has 20 heavy (non-hydrogen) atoms. The minimum absolute atomic E-state index is 0.331. The molecule has 2 N–H and O–H groups in total. The fourth-order valence-electron chi connectivity index (χ4n) is 1.78. The molecule has 1 aromatic rings. The van der Waals surface area contributed by atoms with Gasteiger partial charge in [-0.05, 0) is 31.0 Å². The molecule has 0 bridgehead atoms. The van der Waals surface area contributed by atoms with Crippen molar-refractivity contribution in [2.45, 2.75) is 46.0 Å². The van der Waals surface area contributed by atoms with Gasteiger partial charge in [0.15, 0.2) is 0 Å². The lowest BCUT2D eigenvalue weighted by atomic mass is 10.2. The Bertz CT molecular complexity index is 418. The molecule has 1 aromatic carbocycles. The van der Waals surface area contributed by atoms with Crippen LogP contribution in [0, 0.1) is 0 Å². The number of nitrogens with two attached hydrogens (primary N) is 1. The van der Waals surface area contributed by atoms with Crippen molar-refractivity contribution in [1.29, 1.82) is 0 Å². The standard InChI is InChI=1S/C16H25NO3/c1-3-5-6-7-11-19-15-12-13(8-9-14(15)17)16(18)20-10-4-2/h8-9,12H,3-7,10-11,17H2,1-2H3. The molecule has 0 spiro atoms. The van der Waals surface area contributed by atoms with Gasteiger partial charge in [0.2, 0.25) is 0 Å². The number of esters is 1. The van der Waals surface area contributed by atoms with Crippen molar-refractivity contribution in [3.63, 3.8) is 0 Å². The maximum atomic E-state index is 11.8. The lowest BCUT2D eigenvalue weighted by Crippen LogP contribution is -2.07. The maximum absolute atomic E-state index is 11.8. The third kappa shape index (κ3) is 5.51. The third-order valence-corrected chi connectivity index (χ3v) is 2.94. The quantitative estimate of drug-likeness (QED) is 0.424. The van der Waals surface area contributed by atoms with Crippen molar-refractivity contribution in [3.05, 3.63) is 23.8 Å². The summed E-state index contributed by atoms with van der Waals surface area (Å²) in [5.41, 5.74) is 6.88. The molecule has 4 heteroatoms. The van der Waals surface area contributed by atoms with Crippen molar-refractivity contribution in [1.82, 2.24) is 0 Å². The molecule has 0 saturated carbocycles. The van der Waals surface area contributed by atoms with E-state index in [-0.39, 0.29) is 5.97 Å². The summed E-state index contributed by atoms with van der Waals surface area (Å²) in [4.78, 5) is 11.8. The Labute approximate surface area is 121 Å². The molecule has 0 aliphatic rings. The lowest BCUT2D eigenvalue weighted by molar-refractivity contribution is 0.0504. The van der Waals surface area contributed by atoms with Gasteiger partial charge in [-0.1, -0.05) is 33.1 Å². The average Bonchev–Trinajstić information content (AvgIpc) is 2.46. The van der Waals surface area contributed by atoms with Crippen LogP contribution in [0.4, 0.5) is 5.69 Å². The number of rotatable bonds is 9. The number of anilines is 1. The van der Waals surface area contributed by atoms with Gasteiger partial charge in [0, 0.05) is 0 Å². The van der Waals surface area contributed by atoms with Gasteiger partial charge in [0.25, 0.3) is 0 Å². The Morgan fingerprint density at radius 2 is 1.90 bits per heavy atom. The van der Waals surface area contributed by atoms with E-state index in [1.165, 1.54) is 12.8 Å². The van der Waals surface area contributed by atoms with Crippen LogP contribution in [0.25, 0.3) is 0 Å². The zero-order valence-corrected chi connectivity index (χ0v) is 12.5. The van der Waals surface area contributed by atoms with E-state index < -0.39 is 0 Å². The molecule has 1 rings (SSSR count). The van der Waals surface area contributed by atoms with Gasteiger partial charge in [-0.15, -0.1) is 0 Å². The maximum Gasteiger partial charge on any atom is 0.338 e. The smallest absolute Gasteiger partial charge is 0.338 e. The molecule has 0 unspecified atom stereocenters. The van der Waals surface area contributed by atoms with Crippen LogP contribution in [0.1, 0.15) is 56.3 Å². The van der Waals surface area contributed by atoms with Crippen LogP contribution in [-0.2, 0) is 4.74 Å². The van der Waals surface area contributed by atoms with Crippen molar-refractivity contribution < 1.29 is 14.3 Å². The minimum atomic E-state index is -0.331. The van der Waals surface area contributed by atoms with Gasteiger partial charge in [0.05, 0.1) is 24.5 Å². The second-order valence-electron chi connectivity index (χ2n) is 4.80. The zero-order chi connectivity index (χ0) is 14.8.